The number of benzene rings is 2. The van der Waals surface area contributed by atoms with Gasteiger partial charge in [0.2, 0.25) is 5.91 Å². The van der Waals surface area contributed by atoms with E-state index in [1.54, 1.807) is 12.4 Å². The van der Waals surface area contributed by atoms with Crippen molar-refractivity contribution in [1.82, 2.24) is 15.6 Å². The molecular formula is C28H35N3O2. The molecule has 2 aromatic carbocycles. The Kier molecular flexibility index (Phi) is 9.92. The number of carbonyl (C=O) groups excluding carboxylic acids is 1. The molecule has 174 valence electrons. The minimum atomic E-state index is -0.142. The average molecular weight is 446 g/mol. The van der Waals surface area contributed by atoms with E-state index in [2.05, 4.69) is 29.5 Å². The van der Waals surface area contributed by atoms with E-state index in [1.165, 1.54) is 6.42 Å². The molecule has 1 heterocycles. The molecule has 33 heavy (non-hydrogen) atoms. The van der Waals surface area contributed by atoms with Crippen LogP contribution in [-0.2, 0) is 17.8 Å². The van der Waals surface area contributed by atoms with Gasteiger partial charge in [0.25, 0.3) is 0 Å². The Morgan fingerprint density at radius 1 is 0.970 bits per heavy atom. The lowest BCUT2D eigenvalue weighted by Crippen LogP contribution is -2.36. The van der Waals surface area contributed by atoms with Crippen molar-refractivity contribution < 1.29 is 9.53 Å². The maximum atomic E-state index is 12.8. The quantitative estimate of drug-likeness (QED) is 0.385. The van der Waals surface area contributed by atoms with Gasteiger partial charge in [0.15, 0.2) is 0 Å². The maximum Gasteiger partial charge on any atom is 0.224 e. The third-order valence-electron chi connectivity index (χ3n) is 5.57. The number of nitrogens with zero attached hydrogens (tertiary/aromatic N) is 1. The summed E-state index contributed by atoms with van der Waals surface area (Å²) in [6.07, 6.45) is 6.27. The summed E-state index contributed by atoms with van der Waals surface area (Å²) < 4.78 is 5.95. The summed E-state index contributed by atoms with van der Waals surface area (Å²) in [5, 5.41) is 6.66. The first-order valence-electron chi connectivity index (χ1n) is 11.8. The summed E-state index contributed by atoms with van der Waals surface area (Å²) in [6, 6.07) is 21.7. The predicted molar refractivity (Wildman–Crippen MR) is 133 cm³/mol. The molecule has 0 radical (unpaired) electrons. The van der Waals surface area contributed by atoms with Crippen LogP contribution in [0.2, 0.25) is 0 Å². The second-order valence-electron chi connectivity index (χ2n) is 8.54. The fourth-order valence-corrected chi connectivity index (χ4v) is 3.75. The molecule has 5 nitrogen and oxygen atoms in total. The Hall–Kier alpha value is -3.18. The zero-order chi connectivity index (χ0) is 23.3. The number of rotatable bonds is 13. The van der Waals surface area contributed by atoms with Crippen LogP contribution in [-0.4, -0.2) is 24.0 Å². The largest absolute Gasteiger partial charge is 0.493 e. The summed E-state index contributed by atoms with van der Waals surface area (Å²) in [4.78, 5) is 16.8. The molecule has 0 fully saturated rings. The monoisotopic (exact) mass is 445 g/mol. The number of pyridine rings is 1. The normalized spacial score (nSPS) is 12.7. The highest BCUT2D eigenvalue weighted by Crippen LogP contribution is 2.19. The summed E-state index contributed by atoms with van der Waals surface area (Å²) in [6.45, 7) is 6.46. The third kappa shape index (κ3) is 8.70. The van der Waals surface area contributed by atoms with Crippen LogP contribution in [0.1, 0.15) is 49.4 Å². The minimum Gasteiger partial charge on any atom is -0.493 e. The number of aromatic nitrogens is 1. The van der Waals surface area contributed by atoms with Gasteiger partial charge >= 0.3 is 0 Å². The highest BCUT2D eigenvalue weighted by Gasteiger charge is 2.15. The molecule has 2 N–H and O–H groups in total. The van der Waals surface area contributed by atoms with Gasteiger partial charge in [-0.25, -0.2) is 0 Å². The number of amides is 1. The molecule has 0 bridgehead atoms. The molecule has 5 heteroatoms. The molecule has 0 saturated heterocycles. The average Bonchev–Trinajstić information content (AvgIpc) is 2.84. The van der Waals surface area contributed by atoms with E-state index in [4.69, 9.17) is 4.74 Å². The van der Waals surface area contributed by atoms with Gasteiger partial charge in [0.1, 0.15) is 5.75 Å². The molecule has 0 aliphatic rings. The van der Waals surface area contributed by atoms with Crippen molar-refractivity contribution in [2.24, 2.45) is 5.92 Å². The topological polar surface area (TPSA) is 63.2 Å². The second kappa shape index (κ2) is 13.4. The van der Waals surface area contributed by atoms with Gasteiger partial charge < -0.3 is 15.4 Å². The molecule has 2 unspecified atom stereocenters. The molecular weight excluding hydrogens is 410 g/mol. The highest BCUT2D eigenvalue weighted by atomic mass is 16.5. The van der Waals surface area contributed by atoms with E-state index in [1.807, 2.05) is 66.7 Å². The Labute approximate surface area is 197 Å². The van der Waals surface area contributed by atoms with Gasteiger partial charge in [0.05, 0.1) is 19.1 Å². The van der Waals surface area contributed by atoms with Crippen LogP contribution in [0.3, 0.4) is 0 Å². The van der Waals surface area contributed by atoms with Crippen molar-refractivity contribution >= 4 is 5.91 Å². The van der Waals surface area contributed by atoms with Gasteiger partial charge in [-0.15, -0.1) is 0 Å². The molecule has 3 rings (SSSR count). The van der Waals surface area contributed by atoms with E-state index >= 15 is 0 Å². The molecule has 2 atom stereocenters. The van der Waals surface area contributed by atoms with Gasteiger partial charge in [-0.05, 0) is 53.3 Å². The summed E-state index contributed by atoms with van der Waals surface area (Å²) in [5.41, 5.74) is 3.21. The highest BCUT2D eigenvalue weighted by molar-refractivity contribution is 5.79. The van der Waals surface area contributed by atoms with Crippen LogP contribution in [0.15, 0.2) is 79.1 Å². The van der Waals surface area contributed by atoms with Gasteiger partial charge in [-0.1, -0.05) is 62.7 Å². The first-order valence-corrected chi connectivity index (χ1v) is 11.8. The molecule has 3 aromatic rings. The van der Waals surface area contributed by atoms with E-state index in [-0.39, 0.29) is 11.9 Å². The standard InChI is InChI=1S/C28H35N3O2/c1-3-7-22(2)21-33-26-12-10-25(11-13-26)27(20-30-19-24-14-16-29-17-15-24)31-28(32)18-23-8-5-4-6-9-23/h4-6,8-17,22,27,30H,3,7,18-21H2,1-2H3,(H,31,32). The predicted octanol–water partition coefficient (Wildman–Crippen LogP) is 5.09. The molecule has 1 amide bonds. The van der Waals surface area contributed by atoms with E-state index < -0.39 is 0 Å². The van der Waals surface area contributed by atoms with E-state index in [9.17, 15) is 4.79 Å². The van der Waals surface area contributed by atoms with Crippen LogP contribution in [0.5, 0.6) is 5.75 Å². The third-order valence-corrected chi connectivity index (χ3v) is 5.57. The Morgan fingerprint density at radius 3 is 2.39 bits per heavy atom. The number of hydrogen-bond donors (Lipinski definition) is 2. The molecule has 0 spiro atoms. The van der Waals surface area contributed by atoms with Crippen LogP contribution in [0.25, 0.3) is 0 Å². The molecule has 0 saturated carbocycles. The smallest absolute Gasteiger partial charge is 0.224 e. The van der Waals surface area contributed by atoms with Crippen LogP contribution < -0.4 is 15.4 Å². The molecule has 0 aliphatic heterocycles. The van der Waals surface area contributed by atoms with Crippen molar-refractivity contribution in [3.63, 3.8) is 0 Å². The molecule has 1 aromatic heterocycles. The second-order valence-corrected chi connectivity index (χ2v) is 8.54. The SMILES string of the molecule is CCCC(C)COc1ccc(C(CNCc2ccncc2)NC(=O)Cc2ccccc2)cc1. The van der Waals surface area contributed by atoms with Crippen molar-refractivity contribution in [3.05, 3.63) is 95.8 Å². The van der Waals surface area contributed by atoms with Crippen molar-refractivity contribution in [2.45, 2.75) is 45.7 Å². The fourth-order valence-electron chi connectivity index (χ4n) is 3.75. The summed E-state index contributed by atoms with van der Waals surface area (Å²) >= 11 is 0. The van der Waals surface area contributed by atoms with Gasteiger partial charge in [-0.2, -0.15) is 0 Å². The zero-order valence-corrected chi connectivity index (χ0v) is 19.7. The van der Waals surface area contributed by atoms with Gasteiger partial charge in [-0.3, -0.25) is 9.78 Å². The summed E-state index contributed by atoms with van der Waals surface area (Å²) in [7, 11) is 0. The summed E-state index contributed by atoms with van der Waals surface area (Å²) in [5.74, 6) is 1.41. The number of ether oxygens (including phenoxy) is 1. The molecule has 0 aliphatic carbocycles. The van der Waals surface area contributed by atoms with Crippen LogP contribution in [0.4, 0.5) is 0 Å². The fraction of sp³-hybridized carbons (Fsp3) is 0.357. The lowest BCUT2D eigenvalue weighted by Gasteiger charge is -2.21. The van der Waals surface area contributed by atoms with Crippen molar-refractivity contribution in [3.8, 4) is 5.75 Å². The number of carbonyl (C=O) groups is 1. The minimum absolute atomic E-state index is 0.00521. The van der Waals surface area contributed by atoms with Crippen molar-refractivity contribution in [1.29, 1.82) is 0 Å². The maximum absolute atomic E-state index is 12.8. The van der Waals surface area contributed by atoms with E-state index in [0.717, 1.165) is 35.5 Å². The Bertz CT molecular complexity index is 946. The lowest BCUT2D eigenvalue weighted by atomic mass is 10.1. The number of hydrogen-bond acceptors (Lipinski definition) is 4. The van der Waals surface area contributed by atoms with Crippen LogP contribution in [0, 0.1) is 5.92 Å². The first kappa shape index (κ1) is 24.5. The van der Waals surface area contributed by atoms with E-state index in [0.29, 0.717) is 25.4 Å². The Balaban J connectivity index is 1.62. The van der Waals surface area contributed by atoms with Crippen LogP contribution >= 0.6 is 0 Å². The van der Waals surface area contributed by atoms with Gasteiger partial charge in [0, 0.05) is 25.5 Å². The number of nitrogens with one attached hydrogen (secondary N) is 2. The first-order chi connectivity index (χ1) is 16.1. The zero-order valence-electron chi connectivity index (χ0n) is 19.7. The Morgan fingerprint density at radius 2 is 1.70 bits per heavy atom. The lowest BCUT2D eigenvalue weighted by molar-refractivity contribution is -0.121. The van der Waals surface area contributed by atoms with Crippen molar-refractivity contribution in [2.75, 3.05) is 13.2 Å².